The van der Waals surface area contributed by atoms with E-state index in [0.717, 1.165) is 12.8 Å². The number of benzene rings is 1. The summed E-state index contributed by atoms with van der Waals surface area (Å²) < 4.78 is 29.6. The van der Waals surface area contributed by atoms with Crippen LogP contribution in [0.2, 0.25) is 0 Å². The van der Waals surface area contributed by atoms with Gasteiger partial charge < -0.3 is 10.2 Å². The third-order valence-electron chi connectivity index (χ3n) is 5.52. The van der Waals surface area contributed by atoms with Gasteiger partial charge in [-0.2, -0.15) is 5.10 Å². The Morgan fingerprint density at radius 1 is 1.03 bits per heavy atom. The quantitative estimate of drug-likeness (QED) is 0.630. The van der Waals surface area contributed by atoms with Crippen LogP contribution in [0.4, 0.5) is 13.9 Å². The molecule has 160 valence electrons. The Labute approximate surface area is 178 Å². The lowest BCUT2D eigenvalue weighted by atomic mass is 9.79. The first-order valence-electron chi connectivity index (χ1n) is 9.89. The Bertz CT molecular complexity index is 1000. The zero-order valence-electron chi connectivity index (χ0n) is 17.8. The Balaban J connectivity index is 1.61. The summed E-state index contributed by atoms with van der Waals surface area (Å²) in [6, 6.07) is 2.84. The molecule has 1 aliphatic rings. The van der Waals surface area contributed by atoms with E-state index in [2.05, 4.69) is 58.3 Å². The summed E-state index contributed by atoms with van der Waals surface area (Å²) in [7, 11) is 1.97. The van der Waals surface area contributed by atoms with Crippen molar-refractivity contribution in [2.24, 2.45) is 0 Å². The van der Waals surface area contributed by atoms with E-state index in [1.807, 2.05) is 7.05 Å². The summed E-state index contributed by atoms with van der Waals surface area (Å²) in [5.74, 6) is -1.33. The number of rotatable bonds is 4. The molecule has 0 amide bonds. The normalized spacial score (nSPS) is 18.5. The fourth-order valence-electron chi connectivity index (χ4n) is 4.51. The van der Waals surface area contributed by atoms with Gasteiger partial charge in [-0.15, -0.1) is 10.2 Å². The van der Waals surface area contributed by atoms with E-state index in [9.17, 15) is 8.78 Å². The average molecular weight is 433 g/mol. The molecule has 4 rings (SSSR count). The van der Waals surface area contributed by atoms with Crippen LogP contribution >= 0.6 is 11.3 Å². The Hall–Kier alpha value is -2.39. The van der Waals surface area contributed by atoms with Crippen LogP contribution in [-0.4, -0.2) is 44.6 Å². The van der Waals surface area contributed by atoms with Crippen LogP contribution in [0.5, 0.6) is 0 Å². The predicted octanol–water partition coefficient (Wildman–Crippen LogP) is 4.62. The minimum atomic E-state index is -0.666. The van der Waals surface area contributed by atoms with Gasteiger partial charge in [0.1, 0.15) is 11.6 Å². The SMILES string of the molecule is CN(c1nnc(-c2c(F)cc(-c3cn[nH]c3)cc2F)s1)C1CC(C)(C)NC(C)(C)C1. The fraction of sp³-hybridized carbons (Fsp3) is 0.476. The maximum Gasteiger partial charge on any atom is 0.208 e. The van der Waals surface area contributed by atoms with Crippen molar-refractivity contribution in [3.05, 3.63) is 36.2 Å². The summed E-state index contributed by atoms with van der Waals surface area (Å²) in [5, 5.41) is 19.4. The van der Waals surface area contributed by atoms with E-state index in [0.29, 0.717) is 16.3 Å². The predicted molar refractivity (Wildman–Crippen MR) is 116 cm³/mol. The molecule has 0 spiro atoms. The van der Waals surface area contributed by atoms with Crippen molar-refractivity contribution in [1.29, 1.82) is 0 Å². The first kappa shape index (κ1) is 20.9. The summed E-state index contributed by atoms with van der Waals surface area (Å²) in [5.41, 5.74) is 0.854. The van der Waals surface area contributed by atoms with Crippen molar-refractivity contribution >= 4 is 16.5 Å². The summed E-state index contributed by atoms with van der Waals surface area (Å²) in [6.07, 6.45) is 4.98. The zero-order valence-corrected chi connectivity index (χ0v) is 18.6. The van der Waals surface area contributed by atoms with E-state index in [1.165, 1.54) is 29.7 Å². The van der Waals surface area contributed by atoms with Gasteiger partial charge in [-0.05, 0) is 58.2 Å². The minimum absolute atomic E-state index is 0.0185. The molecule has 0 aliphatic carbocycles. The molecule has 1 saturated heterocycles. The number of nitrogens with one attached hydrogen (secondary N) is 2. The van der Waals surface area contributed by atoms with Crippen LogP contribution in [0.1, 0.15) is 40.5 Å². The maximum absolute atomic E-state index is 14.8. The Kier molecular flexibility index (Phi) is 5.14. The zero-order chi connectivity index (χ0) is 21.7. The highest BCUT2D eigenvalue weighted by Gasteiger charge is 2.39. The summed E-state index contributed by atoms with van der Waals surface area (Å²) in [4.78, 5) is 2.08. The van der Waals surface area contributed by atoms with Crippen molar-refractivity contribution < 1.29 is 8.78 Å². The van der Waals surface area contributed by atoms with Crippen LogP contribution in [0.25, 0.3) is 21.7 Å². The lowest BCUT2D eigenvalue weighted by Crippen LogP contribution is -2.61. The summed E-state index contributed by atoms with van der Waals surface area (Å²) in [6.45, 7) is 8.75. The molecule has 0 bridgehead atoms. The highest BCUT2D eigenvalue weighted by Crippen LogP contribution is 2.37. The lowest BCUT2D eigenvalue weighted by Gasteiger charge is -2.48. The largest absolute Gasteiger partial charge is 0.347 e. The van der Waals surface area contributed by atoms with Gasteiger partial charge in [-0.1, -0.05) is 11.3 Å². The molecule has 3 heterocycles. The first-order chi connectivity index (χ1) is 14.0. The number of hydrogen-bond acceptors (Lipinski definition) is 6. The van der Waals surface area contributed by atoms with Crippen molar-refractivity contribution in [2.45, 2.75) is 57.7 Å². The topological polar surface area (TPSA) is 69.7 Å². The van der Waals surface area contributed by atoms with Gasteiger partial charge in [0.05, 0.1) is 11.8 Å². The van der Waals surface area contributed by atoms with Gasteiger partial charge in [0.25, 0.3) is 0 Å². The number of halogens is 2. The van der Waals surface area contributed by atoms with Crippen LogP contribution < -0.4 is 10.2 Å². The molecule has 0 radical (unpaired) electrons. The van der Waals surface area contributed by atoms with Crippen LogP contribution in [0.3, 0.4) is 0 Å². The molecule has 0 unspecified atom stereocenters. The molecule has 1 fully saturated rings. The number of aromatic amines is 1. The summed E-state index contributed by atoms with van der Waals surface area (Å²) >= 11 is 1.20. The fourth-order valence-corrected chi connectivity index (χ4v) is 5.44. The number of H-pyrrole nitrogens is 1. The molecule has 3 aromatic rings. The number of aromatic nitrogens is 4. The van der Waals surface area contributed by atoms with Crippen molar-refractivity contribution in [2.75, 3.05) is 11.9 Å². The molecular formula is C21H26F2N6S. The highest BCUT2D eigenvalue weighted by atomic mass is 32.1. The smallest absolute Gasteiger partial charge is 0.208 e. The van der Waals surface area contributed by atoms with E-state index in [-0.39, 0.29) is 27.7 Å². The molecule has 30 heavy (non-hydrogen) atoms. The average Bonchev–Trinajstić information content (AvgIpc) is 3.30. The van der Waals surface area contributed by atoms with Crippen molar-refractivity contribution in [3.8, 4) is 21.7 Å². The molecule has 1 aliphatic heterocycles. The Morgan fingerprint density at radius 2 is 1.67 bits per heavy atom. The van der Waals surface area contributed by atoms with Crippen molar-refractivity contribution in [3.63, 3.8) is 0 Å². The second-order valence-corrected chi connectivity index (χ2v) is 10.2. The molecule has 2 aromatic heterocycles. The molecule has 2 N–H and O–H groups in total. The van der Waals surface area contributed by atoms with E-state index in [1.54, 1.807) is 6.20 Å². The molecule has 0 saturated carbocycles. The van der Waals surface area contributed by atoms with Crippen molar-refractivity contribution in [1.82, 2.24) is 25.7 Å². The van der Waals surface area contributed by atoms with E-state index < -0.39 is 11.6 Å². The molecule has 9 heteroatoms. The number of hydrogen-bond donors (Lipinski definition) is 2. The third kappa shape index (κ3) is 4.09. The van der Waals surface area contributed by atoms with E-state index >= 15 is 0 Å². The second kappa shape index (κ2) is 7.39. The van der Waals surface area contributed by atoms with Gasteiger partial charge in [-0.25, -0.2) is 8.78 Å². The third-order valence-corrected chi connectivity index (χ3v) is 6.55. The first-order valence-corrected chi connectivity index (χ1v) is 10.7. The van der Waals surface area contributed by atoms with Crippen LogP contribution in [0.15, 0.2) is 24.5 Å². The van der Waals surface area contributed by atoms with Gasteiger partial charge in [0, 0.05) is 35.9 Å². The van der Waals surface area contributed by atoms with Gasteiger partial charge in [0.15, 0.2) is 5.01 Å². The molecular weight excluding hydrogens is 406 g/mol. The number of anilines is 1. The molecule has 1 aromatic carbocycles. The molecule has 0 atom stereocenters. The second-order valence-electron chi connectivity index (χ2n) is 9.26. The van der Waals surface area contributed by atoms with Gasteiger partial charge >= 0.3 is 0 Å². The van der Waals surface area contributed by atoms with Gasteiger partial charge in [-0.3, -0.25) is 5.10 Å². The molecule has 6 nitrogen and oxygen atoms in total. The number of piperidine rings is 1. The Morgan fingerprint density at radius 3 is 2.23 bits per heavy atom. The lowest BCUT2D eigenvalue weighted by molar-refractivity contribution is 0.161. The van der Waals surface area contributed by atoms with Crippen LogP contribution in [0, 0.1) is 11.6 Å². The van der Waals surface area contributed by atoms with Gasteiger partial charge in [0.2, 0.25) is 5.13 Å². The highest BCUT2D eigenvalue weighted by molar-refractivity contribution is 7.18. The maximum atomic E-state index is 14.8. The monoisotopic (exact) mass is 432 g/mol. The number of nitrogens with zero attached hydrogens (tertiary/aromatic N) is 4. The van der Waals surface area contributed by atoms with E-state index in [4.69, 9.17) is 0 Å². The van der Waals surface area contributed by atoms with Crippen LogP contribution in [-0.2, 0) is 0 Å². The standard InChI is InChI=1S/C21H26F2N6S/c1-20(2)8-14(9-21(3,4)28-20)29(5)19-27-26-18(30-19)17-15(22)6-12(7-16(17)23)13-10-24-25-11-13/h6-7,10-11,14,28H,8-9H2,1-5H3,(H,24,25). The minimum Gasteiger partial charge on any atom is -0.347 e.